The molecule has 1 aromatic heterocycles. The highest BCUT2D eigenvalue weighted by Crippen LogP contribution is 2.33. The smallest absolute Gasteiger partial charge is 0.236 e. The fraction of sp³-hybridized carbons (Fsp3) is 0.786. The van der Waals surface area contributed by atoms with Gasteiger partial charge < -0.3 is 10.5 Å². The highest BCUT2D eigenvalue weighted by molar-refractivity contribution is 5.52. The van der Waals surface area contributed by atoms with E-state index in [0.29, 0.717) is 17.7 Å². The van der Waals surface area contributed by atoms with E-state index in [4.69, 9.17) is 10.5 Å². The van der Waals surface area contributed by atoms with Gasteiger partial charge in [-0.1, -0.05) is 13.3 Å². The second-order valence-electron chi connectivity index (χ2n) is 5.23. The van der Waals surface area contributed by atoms with E-state index in [2.05, 4.69) is 18.9 Å². The van der Waals surface area contributed by atoms with Crippen LogP contribution in [-0.4, -0.2) is 15.9 Å². The molecular weight excluding hydrogens is 226 g/mol. The number of nitrogens with two attached hydrogens (primary N) is 1. The number of aromatic nitrogens is 2. The van der Waals surface area contributed by atoms with Crippen LogP contribution < -0.4 is 10.5 Å². The maximum atomic E-state index is 6.21. The van der Waals surface area contributed by atoms with E-state index in [1.54, 1.807) is 0 Å². The Labute approximate surface area is 110 Å². The summed E-state index contributed by atoms with van der Waals surface area (Å²) in [6, 6.07) is 0. The highest BCUT2D eigenvalue weighted by Gasteiger charge is 2.27. The second kappa shape index (κ2) is 5.63. The van der Waals surface area contributed by atoms with Crippen molar-refractivity contribution in [3.05, 3.63) is 5.69 Å². The molecule has 102 valence electrons. The van der Waals surface area contributed by atoms with Crippen LogP contribution in [0.5, 0.6) is 5.88 Å². The number of hydrogen-bond donors (Lipinski definition) is 1. The lowest BCUT2D eigenvalue weighted by molar-refractivity contribution is 0.0813. The predicted octanol–water partition coefficient (Wildman–Crippen LogP) is 3.14. The summed E-state index contributed by atoms with van der Waals surface area (Å²) in [4.78, 5) is 0. The number of aryl methyl sites for hydroxylation is 2. The van der Waals surface area contributed by atoms with Crippen molar-refractivity contribution < 1.29 is 4.74 Å². The van der Waals surface area contributed by atoms with Gasteiger partial charge in [0.25, 0.3) is 0 Å². The van der Waals surface area contributed by atoms with E-state index < -0.39 is 0 Å². The zero-order chi connectivity index (χ0) is 13.1. The lowest BCUT2D eigenvalue weighted by Gasteiger charge is -2.31. The SMILES string of the molecule is CCC1CCCCC1Oc1c(N)c(C)nn1CC. The molecule has 18 heavy (non-hydrogen) atoms. The molecule has 0 aromatic carbocycles. The molecule has 1 fully saturated rings. The molecule has 1 aliphatic rings. The lowest BCUT2D eigenvalue weighted by Crippen LogP contribution is -2.30. The molecule has 0 aliphatic heterocycles. The number of ether oxygens (including phenoxy) is 1. The quantitative estimate of drug-likeness (QED) is 0.894. The zero-order valence-electron chi connectivity index (χ0n) is 11.8. The van der Waals surface area contributed by atoms with Gasteiger partial charge in [0.2, 0.25) is 5.88 Å². The van der Waals surface area contributed by atoms with E-state index >= 15 is 0 Å². The van der Waals surface area contributed by atoms with Crippen LogP contribution in [0.4, 0.5) is 5.69 Å². The van der Waals surface area contributed by atoms with Gasteiger partial charge in [0.15, 0.2) is 0 Å². The van der Waals surface area contributed by atoms with Crippen LogP contribution in [0.25, 0.3) is 0 Å². The van der Waals surface area contributed by atoms with E-state index in [-0.39, 0.29) is 0 Å². The Balaban J connectivity index is 2.17. The van der Waals surface area contributed by atoms with Crippen LogP contribution in [-0.2, 0) is 6.54 Å². The maximum absolute atomic E-state index is 6.21. The first kappa shape index (κ1) is 13.2. The molecule has 2 unspecified atom stereocenters. The molecule has 1 saturated carbocycles. The molecule has 1 aliphatic carbocycles. The highest BCUT2D eigenvalue weighted by atomic mass is 16.5. The number of nitrogens with zero attached hydrogens (tertiary/aromatic N) is 2. The van der Waals surface area contributed by atoms with Crippen molar-refractivity contribution in [3.8, 4) is 5.88 Å². The fourth-order valence-corrected chi connectivity index (χ4v) is 2.85. The topological polar surface area (TPSA) is 53.1 Å². The van der Waals surface area contributed by atoms with Gasteiger partial charge in [0.1, 0.15) is 11.8 Å². The summed E-state index contributed by atoms with van der Waals surface area (Å²) in [5.74, 6) is 1.44. The Morgan fingerprint density at radius 2 is 2.06 bits per heavy atom. The van der Waals surface area contributed by atoms with Gasteiger partial charge in [0.05, 0.1) is 5.69 Å². The zero-order valence-corrected chi connectivity index (χ0v) is 11.8. The second-order valence-corrected chi connectivity index (χ2v) is 5.23. The summed E-state index contributed by atoms with van der Waals surface area (Å²) in [6.07, 6.45) is 6.52. The van der Waals surface area contributed by atoms with Crippen molar-refractivity contribution >= 4 is 5.69 Å². The first-order chi connectivity index (χ1) is 8.67. The Hall–Kier alpha value is -1.19. The van der Waals surface area contributed by atoms with Crippen molar-refractivity contribution in [2.75, 3.05) is 5.73 Å². The minimum Gasteiger partial charge on any atom is -0.473 e. The third-order valence-electron chi connectivity index (χ3n) is 4.05. The Morgan fingerprint density at radius 1 is 1.33 bits per heavy atom. The van der Waals surface area contributed by atoms with Crippen molar-refractivity contribution in [3.63, 3.8) is 0 Å². The van der Waals surface area contributed by atoms with Crippen molar-refractivity contribution in [2.45, 2.75) is 65.5 Å². The molecule has 2 rings (SSSR count). The van der Waals surface area contributed by atoms with Gasteiger partial charge in [-0.15, -0.1) is 0 Å². The van der Waals surface area contributed by atoms with Crippen LogP contribution in [0, 0.1) is 12.8 Å². The van der Waals surface area contributed by atoms with Gasteiger partial charge >= 0.3 is 0 Å². The van der Waals surface area contributed by atoms with Crippen LogP contribution in [0.3, 0.4) is 0 Å². The van der Waals surface area contributed by atoms with Crippen LogP contribution >= 0.6 is 0 Å². The first-order valence-electron chi connectivity index (χ1n) is 7.16. The van der Waals surface area contributed by atoms with Crippen LogP contribution in [0.2, 0.25) is 0 Å². The average Bonchev–Trinajstić information content (AvgIpc) is 2.67. The van der Waals surface area contributed by atoms with Crippen LogP contribution in [0.1, 0.15) is 51.6 Å². The number of hydrogen-bond acceptors (Lipinski definition) is 3. The van der Waals surface area contributed by atoms with E-state index in [0.717, 1.165) is 24.5 Å². The van der Waals surface area contributed by atoms with Crippen molar-refractivity contribution in [1.82, 2.24) is 9.78 Å². The van der Waals surface area contributed by atoms with Gasteiger partial charge in [-0.2, -0.15) is 5.10 Å². The Kier molecular flexibility index (Phi) is 4.15. The Morgan fingerprint density at radius 3 is 2.72 bits per heavy atom. The summed E-state index contributed by atoms with van der Waals surface area (Å²) in [5.41, 5.74) is 7.65. The first-order valence-corrected chi connectivity index (χ1v) is 7.16. The van der Waals surface area contributed by atoms with Crippen molar-refractivity contribution in [1.29, 1.82) is 0 Å². The van der Waals surface area contributed by atoms with Crippen molar-refractivity contribution in [2.24, 2.45) is 5.92 Å². The molecule has 0 bridgehead atoms. The van der Waals surface area contributed by atoms with E-state index in [9.17, 15) is 0 Å². The molecule has 4 heteroatoms. The lowest BCUT2D eigenvalue weighted by atomic mass is 9.85. The molecule has 1 aromatic rings. The summed E-state index contributed by atoms with van der Waals surface area (Å²) in [5, 5.41) is 4.41. The predicted molar refractivity (Wildman–Crippen MR) is 73.7 cm³/mol. The third kappa shape index (κ3) is 2.47. The molecule has 0 amide bonds. The third-order valence-corrected chi connectivity index (χ3v) is 4.05. The summed E-state index contributed by atoms with van der Waals surface area (Å²) in [7, 11) is 0. The number of nitrogen functional groups attached to an aromatic ring is 1. The van der Waals surface area contributed by atoms with Crippen LogP contribution in [0.15, 0.2) is 0 Å². The van der Waals surface area contributed by atoms with E-state index in [1.807, 2.05) is 11.6 Å². The van der Waals surface area contributed by atoms with E-state index in [1.165, 1.54) is 25.7 Å². The summed E-state index contributed by atoms with van der Waals surface area (Å²) in [6.45, 7) is 7.05. The number of rotatable bonds is 4. The largest absolute Gasteiger partial charge is 0.473 e. The molecule has 2 atom stereocenters. The Bertz CT molecular complexity index is 400. The number of anilines is 1. The normalized spacial score (nSPS) is 24.2. The standard InChI is InChI=1S/C14H25N3O/c1-4-11-8-6-7-9-12(11)18-14-13(15)10(3)16-17(14)5-2/h11-12H,4-9,15H2,1-3H3. The summed E-state index contributed by atoms with van der Waals surface area (Å²) < 4.78 is 8.09. The molecular formula is C14H25N3O. The van der Waals surface area contributed by atoms with Gasteiger partial charge in [-0.05, 0) is 45.4 Å². The fourth-order valence-electron chi connectivity index (χ4n) is 2.85. The minimum absolute atomic E-state index is 0.312. The maximum Gasteiger partial charge on any atom is 0.236 e. The molecule has 2 N–H and O–H groups in total. The monoisotopic (exact) mass is 251 g/mol. The molecule has 0 spiro atoms. The summed E-state index contributed by atoms with van der Waals surface area (Å²) >= 11 is 0. The van der Waals surface area contributed by atoms with Gasteiger partial charge in [-0.3, -0.25) is 0 Å². The molecule has 0 radical (unpaired) electrons. The minimum atomic E-state index is 0.312. The van der Waals surface area contributed by atoms with Gasteiger partial charge in [0, 0.05) is 6.54 Å². The molecule has 1 heterocycles. The average molecular weight is 251 g/mol. The molecule has 0 saturated heterocycles. The van der Waals surface area contributed by atoms with Gasteiger partial charge in [-0.25, -0.2) is 4.68 Å². The molecule has 4 nitrogen and oxygen atoms in total.